The predicted molar refractivity (Wildman–Crippen MR) is 43.4 cm³/mol. The maximum atomic E-state index is 5.40. The Hall–Kier alpha value is -0.820. The highest BCUT2D eigenvalue weighted by molar-refractivity contribution is 5.31. The topological polar surface area (TPSA) is 26.0 Å². The van der Waals surface area contributed by atoms with Crippen molar-refractivity contribution in [3.05, 3.63) is 41.9 Å². The van der Waals surface area contributed by atoms with Crippen molar-refractivity contribution >= 4 is 0 Å². The largest absolute Gasteiger partial charge is 0.322 e. The quantitative estimate of drug-likeness (QED) is 0.654. The fourth-order valence-electron chi connectivity index (χ4n) is 1.02. The van der Waals surface area contributed by atoms with Crippen molar-refractivity contribution in [1.82, 2.24) is 0 Å². The summed E-state index contributed by atoms with van der Waals surface area (Å²) in [5.41, 5.74) is 7.85. The molecule has 2 N–H and O–H groups in total. The van der Waals surface area contributed by atoms with Crippen LogP contribution in [-0.4, -0.2) is 0 Å². The van der Waals surface area contributed by atoms with Crippen molar-refractivity contribution < 1.29 is 0 Å². The highest BCUT2D eigenvalue weighted by Gasteiger charge is 1.94. The molecule has 53 valence electrons. The molecule has 0 aromatic heterocycles. The average molecular weight is 134 g/mol. The van der Waals surface area contributed by atoms with Crippen LogP contribution in [0.15, 0.2) is 24.3 Å². The number of nitrogens with two attached hydrogens (primary N) is 1. The maximum Gasteiger partial charge on any atom is 0.0493 e. The fourth-order valence-corrected chi connectivity index (χ4v) is 1.02. The van der Waals surface area contributed by atoms with Gasteiger partial charge in [0.25, 0.3) is 0 Å². The summed E-state index contributed by atoms with van der Waals surface area (Å²) in [7, 11) is 0. The molecule has 0 aliphatic carbocycles. The molecule has 0 bridgehead atoms. The molecule has 1 aromatic rings. The molecule has 1 heteroatoms. The first-order chi connectivity index (χ1) is 4.88. The van der Waals surface area contributed by atoms with Crippen LogP contribution in [0.4, 0.5) is 0 Å². The molecule has 0 unspecified atom stereocenters. The zero-order valence-corrected chi connectivity index (χ0v) is 6.17. The summed E-state index contributed by atoms with van der Waals surface area (Å²) in [6.45, 7) is 3.78. The third-order valence-electron chi connectivity index (χ3n) is 1.62. The first kappa shape index (κ1) is 7.29. The Morgan fingerprint density at radius 1 is 1.40 bits per heavy atom. The molecule has 10 heavy (non-hydrogen) atoms. The molecule has 0 saturated heterocycles. The molecule has 0 spiro atoms. The number of benzene rings is 1. The molecule has 1 nitrogen and oxygen atoms in total. The molecule has 0 fully saturated rings. The third-order valence-corrected chi connectivity index (χ3v) is 1.62. The summed E-state index contributed by atoms with van der Waals surface area (Å²) in [6, 6.07) is 8.15. The number of hydrogen-bond donors (Lipinski definition) is 1. The van der Waals surface area contributed by atoms with Gasteiger partial charge in [-0.2, -0.15) is 0 Å². The molecule has 1 rings (SSSR count). The molecule has 0 saturated carbocycles. The van der Waals surface area contributed by atoms with Crippen molar-refractivity contribution in [3.8, 4) is 0 Å². The molecule has 1 aromatic carbocycles. The van der Waals surface area contributed by atoms with Gasteiger partial charge in [-0.1, -0.05) is 31.2 Å². The lowest BCUT2D eigenvalue weighted by atomic mass is 10.1. The van der Waals surface area contributed by atoms with Gasteiger partial charge in [-0.3, -0.25) is 0 Å². The van der Waals surface area contributed by atoms with E-state index in [2.05, 4.69) is 13.0 Å². The van der Waals surface area contributed by atoms with Gasteiger partial charge in [-0.15, -0.1) is 0 Å². The second kappa shape index (κ2) is 3.37. The van der Waals surface area contributed by atoms with Crippen LogP contribution in [0, 0.1) is 6.54 Å². The van der Waals surface area contributed by atoms with Gasteiger partial charge in [0.1, 0.15) is 0 Å². The van der Waals surface area contributed by atoms with Crippen molar-refractivity contribution in [2.24, 2.45) is 5.73 Å². The van der Waals surface area contributed by atoms with E-state index < -0.39 is 0 Å². The van der Waals surface area contributed by atoms with Crippen LogP contribution in [0.25, 0.3) is 0 Å². The fraction of sp³-hybridized carbons (Fsp3) is 0.222. The van der Waals surface area contributed by atoms with Crippen LogP contribution in [0.1, 0.15) is 18.1 Å². The lowest BCUT2D eigenvalue weighted by Crippen LogP contribution is -1.96. The van der Waals surface area contributed by atoms with Gasteiger partial charge in [0, 0.05) is 6.54 Å². The molecular formula is C9H12N. The SMILES string of the molecule is CCc1ccccc1[CH]N. The van der Waals surface area contributed by atoms with Gasteiger partial charge >= 0.3 is 0 Å². The van der Waals surface area contributed by atoms with Crippen LogP contribution < -0.4 is 5.73 Å². The van der Waals surface area contributed by atoms with E-state index in [0.29, 0.717) is 0 Å². The third kappa shape index (κ3) is 1.36. The van der Waals surface area contributed by atoms with Crippen LogP contribution in [0.5, 0.6) is 0 Å². The Bertz CT molecular complexity index is 183. The molecule has 0 amide bonds. The molecule has 1 radical (unpaired) electrons. The molecule has 0 atom stereocenters. The summed E-state index contributed by atoms with van der Waals surface area (Å²) in [5, 5.41) is 0. The van der Waals surface area contributed by atoms with Crippen molar-refractivity contribution in [3.63, 3.8) is 0 Å². The standard InChI is InChI=1S/C9H12N/c1-2-8-5-3-4-6-9(8)7-10/h3-7H,2,10H2,1H3. The minimum Gasteiger partial charge on any atom is -0.322 e. The van der Waals surface area contributed by atoms with E-state index in [1.165, 1.54) is 5.56 Å². The predicted octanol–water partition coefficient (Wildman–Crippen LogP) is 1.72. The lowest BCUT2D eigenvalue weighted by Gasteiger charge is -2.01. The van der Waals surface area contributed by atoms with Crippen molar-refractivity contribution in [1.29, 1.82) is 0 Å². The van der Waals surface area contributed by atoms with E-state index >= 15 is 0 Å². The monoisotopic (exact) mass is 134 g/mol. The minimum atomic E-state index is 1.05. The normalized spacial score (nSPS) is 9.80. The molecule has 0 aliphatic heterocycles. The summed E-state index contributed by atoms with van der Waals surface area (Å²) >= 11 is 0. The van der Waals surface area contributed by atoms with Crippen LogP contribution in [0.2, 0.25) is 0 Å². The zero-order chi connectivity index (χ0) is 7.40. The van der Waals surface area contributed by atoms with Gasteiger partial charge in [0.05, 0.1) is 0 Å². The van der Waals surface area contributed by atoms with E-state index in [1.807, 2.05) is 18.2 Å². The highest BCUT2D eigenvalue weighted by atomic mass is 14.5. The Kier molecular flexibility index (Phi) is 2.46. The smallest absolute Gasteiger partial charge is 0.0493 e. The Morgan fingerprint density at radius 2 is 2.10 bits per heavy atom. The zero-order valence-electron chi connectivity index (χ0n) is 6.17. The molecule has 0 heterocycles. The Balaban J connectivity index is 2.96. The summed E-state index contributed by atoms with van der Waals surface area (Å²) in [5.74, 6) is 0. The lowest BCUT2D eigenvalue weighted by molar-refractivity contribution is 1.11. The molecular weight excluding hydrogens is 122 g/mol. The van der Waals surface area contributed by atoms with E-state index in [0.717, 1.165) is 12.0 Å². The highest BCUT2D eigenvalue weighted by Crippen LogP contribution is 2.08. The Labute approximate surface area is 61.9 Å². The van der Waals surface area contributed by atoms with Crippen LogP contribution >= 0.6 is 0 Å². The van der Waals surface area contributed by atoms with Crippen molar-refractivity contribution in [2.45, 2.75) is 13.3 Å². The average Bonchev–Trinajstić information content (AvgIpc) is 2.04. The van der Waals surface area contributed by atoms with Crippen LogP contribution in [-0.2, 0) is 6.42 Å². The van der Waals surface area contributed by atoms with Gasteiger partial charge in [-0.25, -0.2) is 0 Å². The minimum absolute atomic E-state index is 1.05. The molecule has 0 aliphatic rings. The number of hydrogen-bond acceptors (Lipinski definition) is 1. The van der Waals surface area contributed by atoms with E-state index in [-0.39, 0.29) is 0 Å². The first-order valence-electron chi connectivity index (χ1n) is 3.51. The van der Waals surface area contributed by atoms with Gasteiger partial charge in [-0.05, 0) is 17.5 Å². The van der Waals surface area contributed by atoms with Crippen molar-refractivity contribution in [2.75, 3.05) is 0 Å². The summed E-state index contributed by atoms with van der Waals surface area (Å²) in [6.07, 6.45) is 1.05. The van der Waals surface area contributed by atoms with E-state index in [4.69, 9.17) is 5.73 Å². The maximum absolute atomic E-state index is 5.40. The summed E-state index contributed by atoms with van der Waals surface area (Å²) in [4.78, 5) is 0. The Morgan fingerprint density at radius 3 is 2.60 bits per heavy atom. The van der Waals surface area contributed by atoms with Gasteiger partial charge < -0.3 is 5.73 Å². The van der Waals surface area contributed by atoms with Gasteiger partial charge in [0.15, 0.2) is 0 Å². The second-order valence-corrected chi connectivity index (χ2v) is 2.22. The number of rotatable bonds is 2. The number of aryl methyl sites for hydroxylation is 1. The van der Waals surface area contributed by atoms with Gasteiger partial charge in [0.2, 0.25) is 0 Å². The second-order valence-electron chi connectivity index (χ2n) is 2.22. The van der Waals surface area contributed by atoms with E-state index in [1.54, 1.807) is 6.54 Å². The van der Waals surface area contributed by atoms with Crippen LogP contribution in [0.3, 0.4) is 0 Å². The van der Waals surface area contributed by atoms with E-state index in [9.17, 15) is 0 Å². The summed E-state index contributed by atoms with van der Waals surface area (Å²) < 4.78 is 0. The first-order valence-corrected chi connectivity index (χ1v) is 3.51.